The molecular formula is C13H25N3. The lowest BCUT2D eigenvalue weighted by Crippen LogP contribution is -2.35. The van der Waals surface area contributed by atoms with Crippen LogP contribution in [-0.2, 0) is 0 Å². The number of guanidine groups is 1. The summed E-state index contributed by atoms with van der Waals surface area (Å²) in [5.41, 5.74) is 5.93. The first-order valence-corrected chi connectivity index (χ1v) is 6.80. The molecule has 0 saturated heterocycles. The predicted molar refractivity (Wildman–Crippen MR) is 68.5 cm³/mol. The highest BCUT2D eigenvalue weighted by Crippen LogP contribution is 2.28. The van der Waals surface area contributed by atoms with Gasteiger partial charge in [0.1, 0.15) is 0 Å². The van der Waals surface area contributed by atoms with Crippen LogP contribution in [0.2, 0.25) is 0 Å². The number of hydrogen-bond donors (Lipinski definition) is 1. The molecule has 0 bridgehead atoms. The molecule has 0 radical (unpaired) electrons. The van der Waals surface area contributed by atoms with E-state index in [4.69, 9.17) is 5.73 Å². The van der Waals surface area contributed by atoms with Gasteiger partial charge in [0, 0.05) is 19.6 Å². The van der Waals surface area contributed by atoms with Crippen molar-refractivity contribution in [1.29, 1.82) is 0 Å². The minimum Gasteiger partial charge on any atom is -0.370 e. The Bertz CT molecular complexity index is 240. The molecule has 0 unspecified atom stereocenters. The zero-order valence-electron chi connectivity index (χ0n) is 10.5. The van der Waals surface area contributed by atoms with Crippen LogP contribution in [0.3, 0.4) is 0 Å². The molecule has 2 saturated carbocycles. The SMILES string of the molecule is CN(C(N)=NCCCC1CCCC1)C1CC1. The number of aliphatic imine (C=N–C) groups is 1. The lowest BCUT2D eigenvalue weighted by Gasteiger charge is -2.17. The molecule has 0 atom stereocenters. The van der Waals surface area contributed by atoms with Gasteiger partial charge in [-0.25, -0.2) is 0 Å². The maximum Gasteiger partial charge on any atom is 0.191 e. The third kappa shape index (κ3) is 3.39. The van der Waals surface area contributed by atoms with Gasteiger partial charge in [0.2, 0.25) is 0 Å². The molecule has 0 aromatic carbocycles. The van der Waals surface area contributed by atoms with Crippen LogP contribution in [0.25, 0.3) is 0 Å². The van der Waals surface area contributed by atoms with Crippen molar-refractivity contribution in [3.8, 4) is 0 Å². The maximum atomic E-state index is 5.93. The van der Waals surface area contributed by atoms with Gasteiger partial charge in [0.05, 0.1) is 0 Å². The van der Waals surface area contributed by atoms with Crippen LogP contribution >= 0.6 is 0 Å². The second-order valence-electron chi connectivity index (χ2n) is 5.37. The average molecular weight is 223 g/mol. The Kier molecular flexibility index (Phi) is 4.08. The molecule has 0 aromatic rings. The fraction of sp³-hybridized carbons (Fsp3) is 0.923. The topological polar surface area (TPSA) is 41.6 Å². The lowest BCUT2D eigenvalue weighted by molar-refractivity contribution is 0.475. The van der Waals surface area contributed by atoms with Gasteiger partial charge in [-0.15, -0.1) is 0 Å². The second-order valence-corrected chi connectivity index (χ2v) is 5.37. The molecule has 0 amide bonds. The zero-order chi connectivity index (χ0) is 11.4. The Hall–Kier alpha value is -0.730. The van der Waals surface area contributed by atoms with Gasteiger partial charge < -0.3 is 10.6 Å². The van der Waals surface area contributed by atoms with Crippen LogP contribution in [0.1, 0.15) is 51.4 Å². The summed E-state index contributed by atoms with van der Waals surface area (Å²) in [6.07, 6.45) is 10.9. The van der Waals surface area contributed by atoms with E-state index in [1.165, 1.54) is 51.4 Å². The van der Waals surface area contributed by atoms with Crippen LogP contribution in [0, 0.1) is 5.92 Å². The summed E-state index contributed by atoms with van der Waals surface area (Å²) in [4.78, 5) is 6.60. The summed E-state index contributed by atoms with van der Waals surface area (Å²) in [6.45, 7) is 0.916. The summed E-state index contributed by atoms with van der Waals surface area (Å²) in [7, 11) is 2.06. The summed E-state index contributed by atoms with van der Waals surface area (Å²) < 4.78 is 0. The van der Waals surface area contributed by atoms with E-state index in [2.05, 4.69) is 16.9 Å². The minimum absolute atomic E-state index is 0.679. The fourth-order valence-electron chi connectivity index (χ4n) is 2.63. The highest BCUT2D eigenvalue weighted by atomic mass is 15.3. The van der Waals surface area contributed by atoms with Crippen molar-refractivity contribution in [2.45, 2.75) is 57.4 Å². The summed E-state index contributed by atoms with van der Waals surface area (Å²) in [5.74, 6) is 1.73. The molecule has 2 aliphatic carbocycles. The first-order chi connectivity index (χ1) is 7.77. The van der Waals surface area contributed by atoms with Crippen molar-refractivity contribution >= 4 is 5.96 Å². The first-order valence-electron chi connectivity index (χ1n) is 6.80. The van der Waals surface area contributed by atoms with Crippen molar-refractivity contribution < 1.29 is 0 Å². The Balaban J connectivity index is 1.59. The molecule has 0 spiro atoms. The Morgan fingerprint density at radius 1 is 1.25 bits per heavy atom. The van der Waals surface area contributed by atoms with E-state index < -0.39 is 0 Å². The normalized spacial score (nSPS) is 22.7. The van der Waals surface area contributed by atoms with Gasteiger partial charge in [0.25, 0.3) is 0 Å². The summed E-state index contributed by atoms with van der Waals surface area (Å²) in [6, 6.07) is 0.679. The molecule has 2 fully saturated rings. The highest BCUT2D eigenvalue weighted by molar-refractivity contribution is 5.78. The van der Waals surface area contributed by atoms with E-state index in [-0.39, 0.29) is 0 Å². The average Bonchev–Trinajstić information content (AvgIpc) is 3.01. The monoisotopic (exact) mass is 223 g/mol. The van der Waals surface area contributed by atoms with E-state index >= 15 is 0 Å². The molecule has 0 heterocycles. The molecular weight excluding hydrogens is 198 g/mol. The zero-order valence-corrected chi connectivity index (χ0v) is 10.5. The van der Waals surface area contributed by atoms with Gasteiger partial charge in [0.15, 0.2) is 5.96 Å². The van der Waals surface area contributed by atoms with Gasteiger partial charge in [-0.05, 0) is 31.6 Å². The molecule has 0 aromatic heterocycles. The molecule has 16 heavy (non-hydrogen) atoms. The highest BCUT2D eigenvalue weighted by Gasteiger charge is 2.27. The van der Waals surface area contributed by atoms with Crippen LogP contribution in [0.5, 0.6) is 0 Å². The van der Waals surface area contributed by atoms with Crippen molar-refractivity contribution in [3.05, 3.63) is 0 Å². The smallest absolute Gasteiger partial charge is 0.191 e. The minimum atomic E-state index is 0.679. The van der Waals surface area contributed by atoms with Crippen molar-refractivity contribution in [2.24, 2.45) is 16.6 Å². The standard InChI is InChI=1S/C13H25N3/c1-16(12-8-9-12)13(14)15-10-4-7-11-5-2-3-6-11/h11-12H,2-10H2,1H3,(H2,14,15). The molecule has 2 N–H and O–H groups in total. The Morgan fingerprint density at radius 3 is 2.56 bits per heavy atom. The molecule has 0 aliphatic heterocycles. The quantitative estimate of drug-likeness (QED) is 0.441. The second kappa shape index (κ2) is 5.55. The molecule has 2 rings (SSSR count). The Morgan fingerprint density at radius 2 is 1.94 bits per heavy atom. The summed E-state index contributed by atoms with van der Waals surface area (Å²) in [5, 5.41) is 0. The fourth-order valence-corrected chi connectivity index (χ4v) is 2.63. The van der Waals surface area contributed by atoms with Crippen molar-refractivity contribution in [3.63, 3.8) is 0 Å². The van der Waals surface area contributed by atoms with Gasteiger partial charge in [-0.1, -0.05) is 25.7 Å². The van der Waals surface area contributed by atoms with Crippen LogP contribution in [0.4, 0.5) is 0 Å². The van der Waals surface area contributed by atoms with Gasteiger partial charge in [-0.3, -0.25) is 4.99 Å². The van der Waals surface area contributed by atoms with E-state index in [1.807, 2.05) is 0 Å². The van der Waals surface area contributed by atoms with Crippen LogP contribution in [0.15, 0.2) is 4.99 Å². The molecule has 3 nitrogen and oxygen atoms in total. The van der Waals surface area contributed by atoms with Gasteiger partial charge in [-0.2, -0.15) is 0 Å². The third-order valence-electron chi connectivity index (χ3n) is 3.97. The van der Waals surface area contributed by atoms with E-state index in [0.29, 0.717) is 6.04 Å². The van der Waals surface area contributed by atoms with E-state index in [0.717, 1.165) is 18.4 Å². The summed E-state index contributed by atoms with van der Waals surface area (Å²) >= 11 is 0. The van der Waals surface area contributed by atoms with Crippen LogP contribution < -0.4 is 5.73 Å². The molecule has 3 heteroatoms. The number of rotatable bonds is 5. The largest absolute Gasteiger partial charge is 0.370 e. The number of nitrogens with zero attached hydrogens (tertiary/aromatic N) is 2. The van der Waals surface area contributed by atoms with Crippen molar-refractivity contribution in [1.82, 2.24) is 4.90 Å². The molecule has 92 valence electrons. The Labute approximate surface area is 99.1 Å². The maximum absolute atomic E-state index is 5.93. The third-order valence-corrected chi connectivity index (χ3v) is 3.97. The number of nitrogens with two attached hydrogens (primary N) is 1. The predicted octanol–water partition coefficient (Wildman–Crippen LogP) is 2.37. The molecule has 2 aliphatic rings. The van der Waals surface area contributed by atoms with Gasteiger partial charge >= 0.3 is 0 Å². The van der Waals surface area contributed by atoms with Crippen LogP contribution in [-0.4, -0.2) is 30.5 Å². The van der Waals surface area contributed by atoms with E-state index in [9.17, 15) is 0 Å². The van der Waals surface area contributed by atoms with E-state index in [1.54, 1.807) is 0 Å². The number of hydrogen-bond acceptors (Lipinski definition) is 1. The lowest BCUT2D eigenvalue weighted by atomic mass is 10.0. The first kappa shape index (κ1) is 11.7. The van der Waals surface area contributed by atoms with Crippen molar-refractivity contribution in [2.75, 3.05) is 13.6 Å².